The first-order chi connectivity index (χ1) is 10.3. The highest BCUT2D eigenvalue weighted by molar-refractivity contribution is 5.32. The van der Waals surface area contributed by atoms with Gasteiger partial charge in [0.1, 0.15) is 0 Å². The van der Waals surface area contributed by atoms with Gasteiger partial charge >= 0.3 is 0 Å². The van der Waals surface area contributed by atoms with E-state index in [1.54, 1.807) is 0 Å². The van der Waals surface area contributed by atoms with Crippen molar-refractivity contribution >= 4 is 5.95 Å². The molecular formula is C14H20N6O. The summed E-state index contributed by atoms with van der Waals surface area (Å²) in [6.45, 7) is 6.03. The van der Waals surface area contributed by atoms with Crippen LogP contribution in [-0.4, -0.2) is 46.5 Å². The summed E-state index contributed by atoms with van der Waals surface area (Å²) >= 11 is 0. The van der Waals surface area contributed by atoms with Gasteiger partial charge in [0.05, 0.1) is 6.20 Å². The van der Waals surface area contributed by atoms with Crippen LogP contribution in [0.25, 0.3) is 0 Å². The third-order valence-corrected chi connectivity index (χ3v) is 4.70. The van der Waals surface area contributed by atoms with E-state index < -0.39 is 0 Å². The molecule has 2 atom stereocenters. The minimum Gasteiger partial charge on any atom is -0.337 e. The summed E-state index contributed by atoms with van der Waals surface area (Å²) < 4.78 is 5.57. The minimum atomic E-state index is 0.291. The molecule has 0 amide bonds. The molecule has 2 N–H and O–H groups in total. The summed E-state index contributed by atoms with van der Waals surface area (Å²) in [7, 11) is 0. The zero-order valence-corrected chi connectivity index (χ0v) is 12.2. The SMILES string of the molecule is CC1c2cn[nH]c2CCC1c1nc(N2CCNCC2)no1. The Labute approximate surface area is 123 Å². The molecule has 4 rings (SSSR count). The van der Waals surface area contributed by atoms with Crippen molar-refractivity contribution in [2.75, 3.05) is 31.1 Å². The van der Waals surface area contributed by atoms with E-state index in [1.807, 2.05) is 6.20 Å². The van der Waals surface area contributed by atoms with Gasteiger partial charge in [0, 0.05) is 37.8 Å². The van der Waals surface area contributed by atoms with Crippen LogP contribution in [0.5, 0.6) is 0 Å². The fourth-order valence-electron chi connectivity index (χ4n) is 3.39. The summed E-state index contributed by atoms with van der Waals surface area (Å²) in [5, 5.41) is 14.8. The second-order valence-corrected chi connectivity index (χ2v) is 5.91. The van der Waals surface area contributed by atoms with E-state index in [-0.39, 0.29) is 0 Å². The van der Waals surface area contributed by atoms with Gasteiger partial charge in [0.25, 0.3) is 5.95 Å². The van der Waals surface area contributed by atoms with Gasteiger partial charge in [0.15, 0.2) is 0 Å². The Morgan fingerprint density at radius 3 is 3.05 bits per heavy atom. The second-order valence-electron chi connectivity index (χ2n) is 5.91. The number of fused-ring (bicyclic) bond motifs is 1. The Bertz CT molecular complexity index is 615. The molecule has 1 fully saturated rings. The Morgan fingerprint density at radius 2 is 2.19 bits per heavy atom. The van der Waals surface area contributed by atoms with Crippen LogP contribution in [0.4, 0.5) is 5.95 Å². The van der Waals surface area contributed by atoms with Crippen molar-refractivity contribution in [3.8, 4) is 0 Å². The molecule has 1 aliphatic carbocycles. The van der Waals surface area contributed by atoms with E-state index in [9.17, 15) is 0 Å². The lowest BCUT2D eigenvalue weighted by molar-refractivity contribution is 0.322. The molecule has 0 spiro atoms. The van der Waals surface area contributed by atoms with Crippen molar-refractivity contribution in [2.24, 2.45) is 0 Å². The molecule has 21 heavy (non-hydrogen) atoms. The molecule has 0 aromatic carbocycles. The summed E-state index contributed by atoms with van der Waals surface area (Å²) in [4.78, 5) is 6.84. The highest BCUT2D eigenvalue weighted by Crippen LogP contribution is 2.41. The number of nitrogens with one attached hydrogen (secondary N) is 2. The number of rotatable bonds is 2. The third-order valence-electron chi connectivity index (χ3n) is 4.70. The van der Waals surface area contributed by atoms with Crippen LogP contribution in [-0.2, 0) is 6.42 Å². The lowest BCUT2D eigenvalue weighted by Gasteiger charge is -2.26. The van der Waals surface area contributed by atoms with Crippen molar-refractivity contribution in [3.05, 3.63) is 23.3 Å². The zero-order chi connectivity index (χ0) is 14.2. The van der Waals surface area contributed by atoms with Crippen molar-refractivity contribution in [1.82, 2.24) is 25.7 Å². The van der Waals surface area contributed by atoms with Gasteiger partial charge in [-0.15, -0.1) is 0 Å². The van der Waals surface area contributed by atoms with E-state index in [2.05, 4.69) is 37.5 Å². The van der Waals surface area contributed by atoms with Gasteiger partial charge in [-0.1, -0.05) is 6.92 Å². The fourth-order valence-corrected chi connectivity index (χ4v) is 3.39. The number of anilines is 1. The molecule has 2 aromatic rings. The predicted molar refractivity (Wildman–Crippen MR) is 77.4 cm³/mol. The van der Waals surface area contributed by atoms with Gasteiger partial charge in [-0.2, -0.15) is 10.1 Å². The zero-order valence-electron chi connectivity index (χ0n) is 12.2. The highest BCUT2D eigenvalue weighted by Gasteiger charge is 2.33. The normalized spacial score (nSPS) is 25.9. The van der Waals surface area contributed by atoms with Crippen LogP contribution in [0.15, 0.2) is 10.7 Å². The van der Waals surface area contributed by atoms with Gasteiger partial charge in [-0.05, 0) is 29.5 Å². The first-order valence-corrected chi connectivity index (χ1v) is 7.64. The first kappa shape index (κ1) is 12.8. The Hall–Kier alpha value is -1.89. The van der Waals surface area contributed by atoms with Crippen molar-refractivity contribution in [2.45, 2.75) is 31.6 Å². The predicted octanol–water partition coefficient (Wildman–Crippen LogP) is 1.04. The van der Waals surface area contributed by atoms with E-state index in [1.165, 1.54) is 11.3 Å². The average molecular weight is 288 g/mol. The largest absolute Gasteiger partial charge is 0.337 e. The Morgan fingerprint density at radius 1 is 1.33 bits per heavy atom. The topological polar surface area (TPSA) is 82.9 Å². The molecule has 0 bridgehead atoms. The maximum atomic E-state index is 5.57. The highest BCUT2D eigenvalue weighted by atomic mass is 16.5. The van der Waals surface area contributed by atoms with E-state index >= 15 is 0 Å². The molecule has 2 unspecified atom stereocenters. The third kappa shape index (κ3) is 2.21. The molecule has 0 radical (unpaired) electrons. The van der Waals surface area contributed by atoms with E-state index in [0.29, 0.717) is 11.8 Å². The molecule has 2 aliphatic rings. The van der Waals surface area contributed by atoms with Gasteiger partial charge in [-0.3, -0.25) is 5.10 Å². The molecule has 1 saturated heterocycles. The second kappa shape index (κ2) is 5.14. The minimum absolute atomic E-state index is 0.291. The summed E-state index contributed by atoms with van der Waals surface area (Å²) in [5.74, 6) is 2.16. The number of aryl methyl sites for hydroxylation is 1. The number of H-pyrrole nitrogens is 1. The number of aromatic amines is 1. The maximum Gasteiger partial charge on any atom is 0.266 e. The molecule has 1 aliphatic heterocycles. The number of hydrogen-bond acceptors (Lipinski definition) is 6. The van der Waals surface area contributed by atoms with Crippen LogP contribution in [0.3, 0.4) is 0 Å². The summed E-state index contributed by atoms with van der Waals surface area (Å²) in [6.07, 6.45) is 3.95. The number of piperazine rings is 1. The van der Waals surface area contributed by atoms with Gasteiger partial charge in [0.2, 0.25) is 5.89 Å². The van der Waals surface area contributed by atoms with Crippen molar-refractivity contribution in [3.63, 3.8) is 0 Å². The molecular weight excluding hydrogens is 268 g/mol. The lowest BCUT2D eigenvalue weighted by Crippen LogP contribution is -2.44. The van der Waals surface area contributed by atoms with Crippen LogP contribution in [0, 0.1) is 0 Å². The Kier molecular flexibility index (Phi) is 3.14. The summed E-state index contributed by atoms with van der Waals surface area (Å²) in [6, 6.07) is 0. The number of nitrogens with zero attached hydrogens (tertiary/aromatic N) is 4. The Balaban J connectivity index is 1.56. The van der Waals surface area contributed by atoms with Crippen LogP contribution < -0.4 is 10.2 Å². The fraction of sp³-hybridized carbons (Fsp3) is 0.643. The first-order valence-electron chi connectivity index (χ1n) is 7.64. The summed E-state index contributed by atoms with van der Waals surface area (Å²) in [5.41, 5.74) is 2.54. The average Bonchev–Trinajstić information content (AvgIpc) is 3.18. The quantitative estimate of drug-likeness (QED) is 0.859. The maximum absolute atomic E-state index is 5.57. The molecule has 0 saturated carbocycles. The monoisotopic (exact) mass is 288 g/mol. The molecule has 7 nitrogen and oxygen atoms in total. The van der Waals surface area contributed by atoms with Gasteiger partial charge < -0.3 is 14.7 Å². The van der Waals surface area contributed by atoms with Crippen LogP contribution in [0.1, 0.15) is 42.3 Å². The molecule has 112 valence electrons. The van der Waals surface area contributed by atoms with Crippen molar-refractivity contribution in [1.29, 1.82) is 0 Å². The van der Waals surface area contributed by atoms with Gasteiger partial charge in [-0.25, -0.2) is 0 Å². The molecule has 3 heterocycles. The van der Waals surface area contributed by atoms with Crippen LogP contribution in [0.2, 0.25) is 0 Å². The standard InChI is InChI=1S/C14H20N6O/c1-9-10(2-3-12-11(9)8-16-18-12)13-17-14(19-21-13)20-6-4-15-5-7-20/h8-10,15H,2-7H2,1H3,(H,16,18). The molecule has 7 heteroatoms. The number of aromatic nitrogens is 4. The van der Waals surface area contributed by atoms with Crippen molar-refractivity contribution < 1.29 is 4.52 Å². The molecule has 2 aromatic heterocycles. The van der Waals surface area contributed by atoms with Crippen LogP contribution >= 0.6 is 0 Å². The lowest BCUT2D eigenvalue weighted by atomic mass is 9.79. The van der Waals surface area contributed by atoms with E-state index in [0.717, 1.165) is 50.9 Å². The smallest absolute Gasteiger partial charge is 0.266 e. The number of hydrogen-bond donors (Lipinski definition) is 2. The van der Waals surface area contributed by atoms with E-state index in [4.69, 9.17) is 4.52 Å².